The van der Waals surface area contributed by atoms with Gasteiger partial charge in [0.1, 0.15) is 11.7 Å². The first-order valence-electron chi connectivity index (χ1n) is 6.75. The van der Waals surface area contributed by atoms with E-state index in [0.717, 1.165) is 5.39 Å². The van der Waals surface area contributed by atoms with E-state index in [1.165, 1.54) is 0 Å². The molecule has 0 aliphatic heterocycles. The van der Waals surface area contributed by atoms with E-state index in [0.29, 0.717) is 22.7 Å². The van der Waals surface area contributed by atoms with Crippen LogP contribution < -0.4 is 5.32 Å². The highest BCUT2D eigenvalue weighted by molar-refractivity contribution is 6.35. The maximum Gasteiger partial charge on any atom is 0.326 e. The van der Waals surface area contributed by atoms with E-state index in [4.69, 9.17) is 11.6 Å². The molecular weight excluding hydrogens is 292 g/mol. The van der Waals surface area contributed by atoms with E-state index in [9.17, 15) is 14.7 Å². The summed E-state index contributed by atoms with van der Waals surface area (Å²) in [7, 11) is 0. The van der Waals surface area contributed by atoms with E-state index in [2.05, 4.69) is 10.3 Å². The highest BCUT2D eigenvalue weighted by Crippen LogP contribution is 2.23. The fourth-order valence-electron chi connectivity index (χ4n) is 2.14. The van der Waals surface area contributed by atoms with E-state index in [1.54, 1.807) is 25.1 Å². The van der Waals surface area contributed by atoms with E-state index >= 15 is 0 Å². The van der Waals surface area contributed by atoms with Gasteiger partial charge in [-0.2, -0.15) is 0 Å². The van der Waals surface area contributed by atoms with Gasteiger partial charge in [0.15, 0.2) is 0 Å². The molecule has 0 aliphatic carbocycles. The molecule has 0 fully saturated rings. The number of aromatic nitrogens is 1. The van der Waals surface area contributed by atoms with Crippen molar-refractivity contribution < 1.29 is 14.7 Å². The first-order valence-corrected chi connectivity index (χ1v) is 7.12. The van der Waals surface area contributed by atoms with Crippen molar-refractivity contribution in [2.75, 3.05) is 0 Å². The fraction of sp³-hybridized carbons (Fsp3) is 0.333. The van der Waals surface area contributed by atoms with Crippen molar-refractivity contribution in [3.8, 4) is 0 Å². The molecule has 112 valence electrons. The minimum absolute atomic E-state index is 0.153. The van der Waals surface area contributed by atoms with Gasteiger partial charge in [0, 0.05) is 5.39 Å². The third-order valence-electron chi connectivity index (χ3n) is 3.62. The Morgan fingerprint density at radius 3 is 2.71 bits per heavy atom. The lowest BCUT2D eigenvalue weighted by Crippen LogP contribution is -2.45. The van der Waals surface area contributed by atoms with Crippen LogP contribution in [0.1, 0.15) is 30.8 Å². The number of aliphatic carboxylic acids is 1. The Kier molecular flexibility index (Phi) is 4.53. The molecule has 6 heteroatoms. The number of fused-ring (bicyclic) bond motifs is 1. The summed E-state index contributed by atoms with van der Waals surface area (Å²) in [5, 5.41) is 13.1. The van der Waals surface area contributed by atoms with Gasteiger partial charge in [-0.15, -0.1) is 0 Å². The van der Waals surface area contributed by atoms with Crippen molar-refractivity contribution >= 4 is 34.4 Å². The smallest absolute Gasteiger partial charge is 0.326 e. The van der Waals surface area contributed by atoms with Crippen molar-refractivity contribution in [3.05, 3.63) is 35.0 Å². The Bertz CT molecular complexity index is 681. The zero-order valence-electron chi connectivity index (χ0n) is 11.8. The molecule has 1 aromatic carbocycles. The summed E-state index contributed by atoms with van der Waals surface area (Å²) in [5.74, 6) is -1.64. The number of aromatic amines is 1. The molecule has 2 rings (SSSR count). The highest BCUT2D eigenvalue weighted by Gasteiger charge is 2.26. The number of amides is 1. The van der Waals surface area contributed by atoms with Crippen molar-refractivity contribution in [1.29, 1.82) is 0 Å². The van der Waals surface area contributed by atoms with Crippen LogP contribution in [0.4, 0.5) is 0 Å². The largest absolute Gasteiger partial charge is 0.480 e. The van der Waals surface area contributed by atoms with Gasteiger partial charge in [-0.05, 0) is 18.1 Å². The van der Waals surface area contributed by atoms with Gasteiger partial charge >= 0.3 is 5.97 Å². The molecular formula is C15H17ClN2O3. The van der Waals surface area contributed by atoms with E-state index < -0.39 is 17.9 Å². The number of carbonyl (C=O) groups is 2. The molecule has 1 aromatic heterocycles. The molecule has 5 nitrogen and oxygen atoms in total. The molecule has 1 amide bonds. The van der Waals surface area contributed by atoms with Crippen molar-refractivity contribution in [1.82, 2.24) is 10.3 Å². The first-order chi connectivity index (χ1) is 9.93. The van der Waals surface area contributed by atoms with Crippen LogP contribution in [-0.4, -0.2) is 28.0 Å². The number of rotatable bonds is 5. The van der Waals surface area contributed by atoms with Crippen LogP contribution in [0.25, 0.3) is 10.9 Å². The average molecular weight is 309 g/mol. The molecule has 0 spiro atoms. The molecule has 1 heterocycles. The lowest BCUT2D eigenvalue weighted by Gasteiger charge is -2.19. The Labute approximate surface area is 127 Å². The average Bonchev–Trinajstić information content (AvgIpc) is 2.89. The monoisotopic (exact) mass is 308 g/mol. The number of nitrogens with one attached hydrogen (secondary N) is 2. The molecule has 2 atom stereocenters. The zero-order valence-corrected chi connectivity index (χ0v) is 12.6. The number of carbonyl (C=O) groups excluding carboxylic acids is 1. The predicted molar refractivity (Wildman–Crippen MR) is 81.7 cm³/mol. The van der Waals surface area contributed by atoms with Gasteiger partial charge in [0.05, 0.1) is 10.5 Å². The number of para-hydroxylation sites is 1. The summed E-state index contributed by atoms with van der Waals surface area (Å²) >= 11 is 6.05. The van der Waals surface area contributed by atoms with Gasteiger partial charge in [0.2, 0.25) is 0 Å². The van der Waals surface area contributed by atoms with Crippen molar-refractivity contribution in [2.24, 2.45) is 5.92 Å². The molecule has 0 bridgehead atoms. The van der Waals surface area contributed by atoms with Gasteiger partial charge in [-0.1, -0.05) is 44.0 Å². The van der Waals surface area contributed by atoms with Crippen LogP contribution in [0.5, 0.6) is 0 Å². The number of carboxylic acids is 1. The van der Waals surface area contributed by atoms with Crippen LogP contribution in [0.2, 0.25) is 5.02 Å². The maximum atomic E-state index is 12.2. The lowest BCUT2D eigenvalue weighted by atomic mass is 9.99. The van der Waals surface area contributed by atoms with Gasteiger partial charge in [-0.25, -0.2) is 4.79 Å². The second-order valence-corrected chi connectivity index (χ2v) is 5.47. The topological polar surface area (TPSA) is 82.2 Å². The van der Waals surface area contributed by atoms with E-state index in [-0.39, 0.29) is 5.92 Å². The Morgan fingerprint density at radius 1 is 1.43 bits per heavy atom. The molecule has 0 saturated heterocycles. The number of hydrogen-bond donors (Lipinski definition) is 3. The molecule has 3 N–H and O–H groups in total. The van der Waals surface area contributed by atoms with Gasteiger partial charge in [0.25, 0.3) is 5.91 Å². The Balaban J connectivity index is 2.25. The lowest BCUT2D eigenvalue weighted by molar-refractivity contribution is -0.140. The minimum atomic E-state index is -1.04. The van der Waals surface area contributed by atoms with Crippen LogP contribution in [0.15, 0.2) is 24.3 Å². The summed E-state index contributed by atoms with van der Waals surface area (Å²) in [4.78, 5) is 26.4. The standard InChI is InChI=1S/C15H17ClN2O3/c1-3-8(2)12(15(20)21)18-14(19)11-7-9-5-4-6-10(16)13(9)17-11/h4-8,12,17H,3H2,1-2H3,(H,18,19)(H,20,21). The first kappa shape index (κ1) is 15.4. The molecule has 0 saturated carbocycles. The predicted octanol–water partition coefficient (Wildman–Crippen LogP) is 3.05. The fourth-order valence-corrected chi connectivity index (χ4v) is 2.37. The minimum Gasteiger partial charge on any atom is -0.480 e. The number of H-pyrrole nitrogens is 1. The van der Waals surface area contributed by atoms with Gasteiger partial charge < -0.3 is 15.4 Å². The Morgan fingerprint density at radius 2 is 2.14 bits per heavy atom. The molecule has 0 radical (unpaired) electrons. The third kappa shape index (κ3) is 3.19. The van der Waals surface area contributed by atoms with Gasteiger partial charge in [-0.3, -0.25) is 4.79 Å². The number of benzene rings is 1. The van der Waals surface area contributed by atoms with Crippen molar-refractivity contribution in [2.45, 2.75) is 26.3 Å². The van der Waals surface area contributed by atoms with Crippen LogP contribution in [0, 0.1) is 5.92 Å². The third-order valence-corrected chi connectivity index (χ3v) is 3.93. The molecule has 0 aliphatic rings. The normalized spacial score (nSPS) is 13.9. The van der Waals surface area contributed by atoms with Crippen LogP contribution in [0.3, 0.4) is 0 Å². The van der Waals surface area contributed by atoms with E-state index in [1.807, 2.05) is 13.0 Å². The second kappa shape index (κ2) is 6.18. The molecule has 2 aromatic rings. The quantitative estimate of drug-likeness (QED) is 0.794. The van der Waals surface area contributed by atoms with Crippen LogP contribution in [-0.2, 0) is 4.79 Å². The molecule has 21 heavy (non-hydrogen) atoms. The SMILES string of the molecule is CCC(C)C(NC(=O)c1cc2cccc(Cl)c2[nH]1)C(=O)O. The maximum absolute atomic E-state index is 12.2. The summed E-state index contributed by atoms with van der Waals surface area (Å²) in [6.07, 6.45) is 0.662. The summed E-state index contributed by atoms with van der Waals surface area (Å²) in [6, 6.07) is 6.09. The molecule has 2 unspecified atom stereocenters. The summed E-state index contributed by atoms with van der Waals surface area (Å²) < 4.78 is 0. The second-order valence-electron chi connectivity index (χ2n) is 5.06. The van der Waals surface area contributed by atoms with Crippen LogP contribution >= 0.6 is 11.6 Å². The number of carboxylic acid groups (broad SMARTS) is 1. The zero-order chi connectivity index (χ0) is 15.6. The number of hydrogen-bond acceptors (Lipinski definition) is 2. The number of halogens is 1. The van der Waals surface area contributed by atoms with Crippen molar-refractivity contribution in [3.63, 3.8) is 0 Å². The highest BCUT2D eigenvalue weighted by atomic mass is 35.5. The summed E-state index contributed by atoms with van der Waals surface area (Å²) in [6.45, 7) is 3.68. The summed E-state index contributed by atoms with van der Waals surface area (Å²) in [5.41, 5.74) is 0.965. The Hall–Kier alpha value is -2.01.